The van der Waals surface area contributed by atoms with Gasteiger partial charge < -0.3 is 9.94 Å². The highest BCUT2D eigenvalue weighted by atomic mass is 16.6. The molecule has 0 radical (unpaired) electrons. The number of allylic oxidation sites excluding steroid dienone is 1. The molecule has 0 saturated heterocycles. The van der Waals surface area contributed by atoms with Crippen molar-refractivity contribution in [1.29, 1.82) is 0 Å². The first-order valence-corrected chi connectivity index (χ1v) is 4.44. The number of hydrogen-bond donors (Lipinski definition) is 1. The van der Waals surface area contributed by atoms with Crippen molar-refractivity contribution in [2.24, 2.45) is 16.0 Å². The van der Waals surface area contributed by atoms with Gasteiger partial charge in [0.1, 0.15) is 7.11 Å². The molecule has 1 fully saturated rings. The Bertz CT molecular complexity index is 294. The maximum absolute atomic E-state index is 11.0. The lowest BCUT2D eigenvalue weighted by atomic mass is 9.95. The SMILES string of the molecule is CON=CC=CC1(C(=O)O)CC1(C)C. The molecule has 4 nitrogen and oxygen atoms in total. The average Bonchev–Trinajstić information content (AvgIpc) is 2.64. The van der Waals surface area contributed by atoms with Crippen LogP contribution >= 0.6 is 0 Å². The smallest absolute Gasteiger partial charge is 0.314 e. The van der Waals surface area contributed by atoms with Crippen LogP contribution in [0.15, 0.2) is 17.3 Å². The van der Waals surface area contributed by atoms with Gasteiger partial charge in [0, 0.05) is 0 Å². The monoisotopic (exact) mass is 197 g/mol. The van der Waals surface area contributed by atoms with Crippen LogP contribution in [0.3, 0.4) is 0 Å². The maximum Gasteiger partial charge on any atom is 0.314 e. The van der Waals surface area contributed by atoms with Gasteiger partial charge in [0.25, 0.3) is 0 Å². The summed E-state index contributed by atoms with van der Waals surface area (Å²) in [5.74, 6) is -0.774. The summed E-state index contributed by atoms with van der Waals surface area (Å²) in [4.78, 5) is 15.5. The van der Waals surface area contributed by atoms with Crippen LogP contribution in [0.5, 0.6) is 0 Å². The Labute approximate surface area is 83.2 Å². The fraction of sp³-hybridized carbons (Fsp3) is 0.600. The molecule has 1 saturated carbocycles. The standard InChI is InChI=1S/C10H15NO3/c1-9(2)7-10(9,8(12)13)5-4-6-11-14-3/h4-6H,7H2,1-3H3,(H,12,13). The first-order chi connectivity index (χ1) is 6.46. The highest BCUT2D eigenvalue weighted by molar-refractivity contribution is 5.84. The summed E-state index contributed by atoms with van der Waals surface area (Å²) in [5, 5.41) is 12.6. The molecule has 0 heterocycles. The van der Waals surface area contributed by atoms with Gasteiger partial charge in [-0.05, 0) is 17.9 Å². The minimum atomic E-state index is -0.774. The van der Waals surface area contributed by atoms with Crippen LogP contribution in [0.4, 0.5) is 0 Å². The zero-order valence-electron chi connectivity index (χ0n) is 8.65. The summed E-state index contributed by atoms with van der Waals surface area (Å²) < 4.78 is 0. The lowest BCUT2D eigenvalue weighted by Gasteiger charge is -2.09. The van der Waals surface area contributed by atoms with Crippen molar-refractivity contribution in [2.75, 3.05) is 7.11 Å². The molecule has 78 valence electrons. The number of nitrogens with zero attached hydrogens (tertiary/aromatic N) is 1. The van der Waals surface area contributed by atoms with Gasteiger partial charge in [0.15, 0.2) is 0 Å². The number of carbonyl (C=O) groups is 1. The van der Waals surface area contributed by atoms with Gasteiger partial charge in [-0.1, -0.05) is 25.1 Å². The van der Waals surface area contributed by atoms with Crippen molar-refractivity contribution >= 4 is 12.2 Å². The van der Waals surface area contributed by atoms with Crippen molar-refractivity contribution in [2.45, 2.75) is 20.3 Å². The van der Waals surface area contributed by atoms with E-state index in [1.54, 1.807) is 12.2 Å². The van der Waals surface area contributed by atoms with E-state index in [1.165, 1.54) is 13.3 Å². The second-order valence-corrected chi connectivity index (χ2v) is 4.13. The summed E-state index contributed by atoms with van der Waals surface area (Å²) in [7, 11) is 1.44. The van der Waals surface area contributed by atoms with E-state index < -0.39 is 11.4 Å². The minimum Gasteiger partial charge on any atom is -0.481 e. The summed E-state index contributed by atoms with van der Waals surface area (Å²) in [6.45, 7) is 3.89. The average molecular weight is 197 g/mol. The van der Waals surface area contributed by atoms with Crippen molar-refractivity contribution in [1.82, 2.24) is 0 Å². The molecule has 4 heteroatoms. The predicted molar refractivity (Wildman–Crippen MR) is 53.1 cm³/mol. The third kappa shape index (κ3) is 1.64. The zero-order valence-corrected chi connectivity index (χ0v) is 8.65. The van der Waals surface area contributed by atoms with Crippen LogP contribution < -0.4 is 0 Å². The van der Waals surface area contributed by atoms with Gasteiger partial charge in [-0.25, -0.2) is 0 Å². The second kappa shape index (κ2) is 3.44. The Morgan fingerprint density at radius 1 is 1.57 bits per heavy atom. The van der Waals surface area contributed by atoms with Crippen molar-refractivity contribution in [3.8, 4) is 0 Å². The number of carboxylic acid groups (broad SMARTS) is 1. The molecule has 0 bridgehead atoms. The van der Waals surface area contributed by atoms with Gasteiger partial charge in [0.05, 0.1) is 11.6 Å². The van der Waals surface area contributed by atoms with Crippen LogP contribution in [0.1, 0.15) is 20.3 Å². The maximum atomic E-state index is 11.0. The first kappa shape index (κ1) is 10.8. The Balaban J connectivity index is 2.70. The Morgan fingerprint density at radius 3 is 2.50 bits per heavy atom. The fourth-order valence-electron chi connectivity index (χ4n) is 1.68. The molecule has 1 atom stereocenters. The minimum absolute atomic E-state index is 0.157. The van der Waals surface area contributed by atoms with E-state index in [1.807, 2.05) is 13.8 Å². The van der Waals surface area contributed by atoms with Gasteiger partial charge in [-0.15, -0.1) is 0 Å². The van der Waals surface area contributed by atoms with E-state index in [-0.39, 0.29) is 5.41 Å². The lowest BCUT2D eigenvalue weighted by molar-refractivity contribution is -0.142. The summed E-state index contributed by atoms with van der Waals surface area (Å²) in [6.07, 6.45) is 5.41. The number of hydrogen-bond acceptors (Lipinski definition) is 3. The quantitative estimate of drug-likeness (QED) is 0.551. The number of aliphatic carboxylic acids is 1. The van der Waals surface area contributed by atoms with E-state index in [0.29, 0.717) is 6.42 Å². The molecule has 0 aromatic heterocycles. The van der Waals surface area contributed by atoms with Crippen LogP contribution in [0.2, 0.25) is 0 Å². The molecule has 1 aliphatic carbocycles. The molecule has 0 aromatic carbocycles. The second-order valence-electron chi connectivity index (χ2n) is 4.13. The molecular formula is C10H15NO3. The van der Waals surface area contributed by atoms with Gasteiger partial charge in [-0.2, -0.15) is 0 Å². The third-order valence-electron chi connectivity index (χ3n) is 2.82. The van der Waals surface area contributed by atoms with E-state index >= 15 is 0 Å². The molecule has 0 aliphatic heterocycles. The number of carboxylic acids is 1. The van der Waals surface area contributed by atoms with E-state index in [9.17, 15) is 4.79 Å². The molecule has 1 rings (SSSR count). The van der Waals surface area contributed by atoms with Crippen LogP contribution in [0.25, 0.3) is 0 Å². The zero-order chi connectivity index (χ0) is 10.8. The number of rotatable bonds is 4. The third-order valence-corrected chi connectivity index (χ3v) is 2.82. The molecular weight excluding hydrogens is 182 g/mol. The Kier molecular flexibility index (Phi) is 2.64. The fourth-order valence-corrected chi connectivity index (χ4v) is 1.68. The van der Waals surface area contributed by atoms with Crippen LogP contribution in [0, 0.1) is 10.8 Å². The summed E-state index contributed by atoms with van der Waals surface area (Å²) in [6, 6.07) is 0. The number of oxime groups is 1. The Morgan fingerprint density at radius 2 is 2.14 bits per heavy atom. The van der Waals surface area contributed by atoms with E-state index in [2.05, 4.69) is 9.99 Å². The highest BCUT2D eigenvalue weighted by Gasteiger charge is 2.65. The van der Waals surface area contributed by atoms with E-state index in [4.69, 9.17) is 5.11 Å². The Hall–Kier alpha value is -1.32. The molecule has 1 aliphatic rings. The molecule has 0 spiro atoms. The summed E-state index contributed by atoms with van der Waals surface area (Å²) >= 11 is 0. The normalized spacial score (nSPS) is 29.6. The largest absolute Gasteiger partial charge is 0.481 e. The predicted octanol–water partition coefficient (Wildman–Crippen LogP) is 1.68. The van der Waals surface area contributed by atoms with Gasteiger partial charge in [-0.3, -0.25) is 4.79 Å². The van der Waals surface area contributed by atoms with Gasteiger partial charge >= 0.3 is 5.97 Å². The summed E-state index contributed by atoms with van der Waals surface area (Å²) in [5.41, 5.74) is -0.872. The van der Waals surface area contributed by atoms with Gasteiger partial charge in [0.2, 0.25) is 0 Å². The molecule has 0 aromatic rings. The topological polar surface area (TPSA) is 58.9 Å². The molecule has 0 amide bonds. The lowest BCUT2D eigenvalue weighted by Crippen LogP contribution is -2.18. The van der Waals surface area contributed by atoms with Crippen molar-refractivity contribution in [3.05, 3.63) is 12.2 Å². The van der Waals surface area contributed by atoms with Crippen LogP contribution in [-0.4, -0.2) is 24.4 Å². The van der Waals surface area contributed by atoms with Crippen LogP contribution in [-0.2, 0) is 9.63 Å². The molecule has 1 unspecified atom stereocenters. The van der Waals surface area contributed by atoms with Crippen molar-refractivity contribution in [3.63, 3.8) is 0 Å². The van der Waals surface area contributed by atoms with Crippen molar-refractivity contribution < 1.29 is 14.7 Å². The highest BCUT2D eigenvalue weighted by Crippen LogP contribution is 2.64. The molecule has 1 N–H and O–H groups in total. The molecule has 14 heavy (non-hydrogen) atoms. The first-order valence-electron chi connectivity index (χ1n) is 4.44. The van der Waals surface area contributed by atoms with E-state index in [0.717, 1.165) is 0 Å².